The molecule has 0 aliphatic rings. The summed E-state index contributed by atoms with van der Waals surface area (Å²) in [5.41, 5.74) is 1.09. The summed E-state index contributed by atoms with van der Waals surface area (Å²) in [5, 5.41) is 13.0. The molecule has 4 nitrogen and oxygen atoms in total. The first-order valence-electron chi connectivity index (χ1n) is 6.20. The topological polar surface area (TPSA) is 50.7 Å². The van der Waals surface area contributed by atoms with Crippen LogP contribution in [-0.2, 0) is 4.74 Å². The third-order valence-electron chi connectivity index (χ3n) is 2.99. The van der Waals surface area contributed by atoms with E-state index in [2.05, 4.69) is 19.2 Å². The van der Waals surface area contributed by atoms with Crippen LogP contribution >= 0.6 is 0 Å². The van der Waals surface area contributed by atoms with E-state index in [1.54, 1.807) is 20.3 Å². The van der Waals surface area contributed by atoms with Gasteiger partial charge in [0.1, 0.15) is 0 Å². The van der Waals surface area contributed by atoms with Crippen LogP contribution in [0, 0.1) is 0 Å². The lowest BCUT2D eigenvalue weighted by Crippen LogP contribution is -2.29. The van der Waals surface area contributed by atoms with Crippen molar-refractivity contribution in [3.05, 3.63) is 23.8 Å². The molecular weight excluding hydrogens is 230 g/mol. The second-order valence-corrected chi connectivity index (χ2v) is 4.50. The standard InChI is InChI=1S/C14H23NO3/c1-10(7-8-17-3)15-11(2)12-5-6-13(16)14(9-12)18-4/h5-6,9-11,15-16H,7-8H2,1-4H3. The highest BCUT2D eigenvalue weighted by Crippen LogP contribution is 2.28. The molecule has 0 radical (unpaired) electrons. The molecule has 4 heteroatoms. The summed E-state index contributed by atoms with van der Waals surface area (Å²) in [7, 11) is 3.26. The number of nitrogens with one attached hydrogen (secondary N) is 1. The second kappa shape index (κ2) is 7.24. The van der Waals surface area contributed by atoms with Crippen LogP contribution in [0.5, 0.6) is 11.5 Å². The van der Waals surface area contributed by atoms with Gasteiger partial charge in [0, 0.05) is 25.8 Å². The number of aromatic hydroxyl groups is 1. The number of phenols is 1. The summed E-state index contributed by atoms with van der Waals surface area (Å²) < 4.78 is 10.2. The molecule has 0 heterocycles. The molecule has 0 aromatic heterocycles. The number of hydrogen-bond acceptors (Lipinski definition) is 4. The van der Waals surface area contributed by atoms with E-state index in [4.69, 9.17) is 9.47 Å². The number of benzene rings is 1. The van der Waals surface area contributed by atoms with Gasteiger partial charge in [0.15, 0.2) is 11.5 Å². The molecule has 0 spiro atoms. The molecule has 2 unspecified atom stereocenters. The first-order valence-corrected chi connectivity index (χ1v) is 6.20. The van der Waals surface area contributed by atoms with Crippen molar-refractivity contribution in [3.8, 4) is 11.5 Å². The molecule has 2 N–H and O–H groups in total. The Morgan fingerprint density at radius 3 is 2.61 bits per heavy atom. The molecule has 1 aromatic carbocycles. The lowest BCUT2D eigenvalue weighted by atomic mass is 10.1. The van der Waals surface area contributed by atoms with Crippen LogP contribution < -0.4 is 10.1 Å². The van der Waals surface area contributed by atoms with E-state index in [9.17, 15) is 5.11 Å². The van der Waals surface area contributed by atoms with E-state index in [-0.39, 0.29) is 11.8 Å². The van der Waals surface area contributed by atoms with E-state index < -0.39 is 0 Å². The quantitative estimate of drug-likeness (QED) is 0.784. The van der Waals surface area contributed by atoms with Gasteiger partial charge in [0.2, 0.25) is 0 Å². The minimum Gasteiger partial charge on any atom is -0.504 e. The molecule has 0 saturated heterocycles. The zero-order chi connectivity index (χ0) is 13.5. The van der Waals surface area contributed by atoms with Crippen molar-refractivity contribution in [2.45, 2.75) is 32.4 Å². The normalized spacial score (nSPS) is 14.2. The van der Waals surface area contributed by atoms with Gasteiger partial charge in [-0.1, -0.05) is 6.07 Å². The van der Waals surface area contributed by atoms with E-state index in [0.29, 0.717) is 11.8 Å². The SMILES string of the molecule is COCCC(C)NC(C)c1ccc(O)c(OC)c1. The maximum Gasteiger partial charge on any atom is 0.160 e. The summed E-state index contributed by atoms with van der Waals surface area (Å²) in [6.45, 7) is 4.97. The Bertz CT molecular complexity index is 368. The van der Waals surface area contributed by atoms with Crippen LogP contribution in [-0.4, -0.2) is 32.0 Å². The summed E-state index contributed by atoms with van der Waals surface area (Å²) >= 11 is 0. The lowest BCUT2D eigenvalue weighted by molar-refractivity contribution is 0.183. The maximum atomic E-state index is 9.55. The fourth-order valence-electron chi connectivity index (χ4n) is 1.86. The Labute approximate surface area is 109 Å². The van der Waals surface area contributed by atoms with Crippen LogP contribution in [0.25, 0.3) is 0 Å². The van der Waals surface area contributed by atoms with Crippen LogP contribution in [0.3, 0.4) is 0 Å². The Kier molecular flexibility index (Phi) is 5.95. The third-order valence-corrected chi connectivity index (χ3v) is 2.99. The average Bonchev–Trinajstić information content (AvgIpc) is 2.36. The number of hydrogen-bond donors (Lipinski definition) is 2. The van der Waals surface area contributed by atoms with E-state index in [0.717, 1.165) is 18.6 Å². The minimum atomic E-state index is 0.167. The summed E-state index contributed by atoms with van der Waals surface area (Å²) in [4.78, 5) is 0. The summed E-state index contributed by atoms with van der Waals surface area (Å²) in [6.07, 6.45) is 0.968. The van der Waals surface area contributed by atoms with Crippen LogP contribution in [0.15, 0.2) is 18.2 Å². The average molecular weight is 253 g/mol. The lowest BCUT2D eigenvalue weighted by Gasteiger charge is -2.20. The van der Waals surface area contributed by atoms with Gasteiger partial charge in [-0.15, -0.1) is 0 Å². The smallest absolute Gasteiger partial charge is 0.160 e. The molecule has 0 bridgehead atoms. The molecule has 1 rings (SSSR count). The number of phenolic OH excluding ortho intramolecular Hbond substituents is 1. The summed E-state index contributed by atoms with van der Waals surface area (Å²) in [5.74, 6) is 0.673. The van der Waals surface area contributed by atoms with Crippen molar-refractivity contribution in [3.63, 3.8) is 0 Å². The van der Waals surface area contributed by atoms with Gasteiger partial charge in [-0.05, 0) is 38.0 Å². The first kappa shape index (κ1) is 14.8. The second-order valence-electron chi connectivity index (χ2n) is 4.50. The van der Waals surface area contributed by atoms with Crippen molar-refractivity contribution in [2.75, 3.05) is 20.8 Å². The van der Waals surface area contributed by atoms with Gasteiger partial charge in [-0.3, -0.25) is 0 Å². The van der Waals surface area contributed by atoms with E-state index in [1.165, 1.54) is 0 Å². The van der Waals surface area contributed by atoms with Crippen molar-refractivity contribution in [1.29, 1.82) is 0 Å². The largest absolute Gasteiger partial charge is 0.504 e. The predicted octanol–water partition coefficient (Wildman–Crippen LogP) is 2.48. The Morgan fingerprint density at radius 1 is 1.28 bits per heavy atom. The Hall–Kier alpha value is -1.26. The molecule has 0 aliphatic heterocycles. The molecule has 18 heavy (non-hydrogen) atoms. The molecule has 0 aliphatic carbocycles. The van der Waals surface area contributed by atoms with Crippen LogP contribution in [0.2, 0.25) is 0 Å². The van der Waals surface area contributed by atoms with Crippen LogP contribution in [0.4, 0.5) is 0 Å². The van der Waals surface area contributed by atoms with E-state index >= 15 is 0 Å². The minimum absolute atomic E-state index is 0.167. The zero-order valence-corrected chi connectivity index (χ0v) is 11.6. The molecule has 0 amide bonds. The highest BCUT2D eigenvalue weighted by molar-refractivity contribution is 5.42. The van der Waals surface area contributed by atoms with E-state index in [1.807, 2.05) is 12.1 Å². The van der Waals surface area contributed by atoms with Gasteiger partial charge in [0.05, 0.1) is 7.11 Å². The molecular formula is C14H23NO3. The maximum absolute atomic E-state index is 9.55. The van der Waals surface area contributed by atoms with Gasteiger partial charge >= 0.3 is 0 Å². The fraction of sp³-hybridized carbons (Fsp3) is 0.571. The van der Waals surface area contributed by atoms with Gasteiger partial charge in [-0.25, -0.2) is 0 Å². The summed E-state index contributed by atoms with van der Waals surface area (Å²) in [6, 6.07) is 5.99. The number of rotatable bonds is 7. The van der Waals surface area contributed by atoms with Crippen molar-refractivity contribution < 1.29 is 14.6 Å². The molecule has 102 valence electrons. The van der Waals surface area contributed by atoms with Gasteiger partial charge in [-0.2, -0.15) is 0 Å². The number of methoxy groups -OCH3 is 2. The molecule has 2 atom stereocenters. The highest BCUT2D eigenvalue weighted by Gasteiger charge is 2.11. The molecule has 1 aromatic rings. The van der Waals surface area contributed by atoms with Crippen LogP contribution in [0.1, 0.15) is 31.9 Å². The van der Waals surface area contributed by atoms with Gasteiger partial charge < -0.3 is 19.9 Å². The first-order chi connectivity index (χ1) is 8.58. The zero-order valence-electron chi connectivity index (χ0n) is 11.6. The Balaban J connectivity index is 2.63. The van der Waals surface area contributed by atoms with Crippen molar-refractivity contribution in [2.24, 2.45) is 0 Å². The fourth-order valence-corrected chi connectivity index (χ4v) is 1.86. The monoisotopic (exact) mass is 253 g/mol. The third kappa shape index (κ3) is 4.20. The number of ether oxygens (including phenoxy) is 2. The molecule has 0 fully saturated rings. The van der Waals surface area contributed by atoms with Crippen molar-refractivity contribution >= 4 is 0 Å². The van der Waals surface area contributed by atoms with Crippen molar-refractivity contribution in [1.82, 2.24) is 5.32 Å². The van der Waals surface area contributed by atoms with Gasteiger partial charge in [0.25, 0.3) is 0 Å². The predicted molar refractivity (Wildman–Crippen MR) is 72.2 cm³/mol. The Morgan fingerprint density at radius 2 is 2.00 bits per heavy atom. The molecule has 0 saturated carbocycles. The highest BCUT2D eigenvalue weighted by atomic mass is 16.5.